The molecule has 0 amide bonds. The fourth-order valence-electron chi connectivity index (χ4n) is 1.56. The normalized spacial score (nSPS) is 18.8. The third kappa shape index (κ3) is 1.02. The van der Waals surface area contributed by atoms with Gasteiger partial charge < -0.3 is 0 Å². The first-order valence-corrected chi connectivity index (χ1v) is 4.76. The number of halogens is 1. The Morgan fingerprint density at radius 1 is 1.25 bits per heavy atom. The molecule has 0 saturated carbocycles. The molecule has 0 aromatic heterocycles. The molecule has 1 aromatic carbocycles. The van der Waals surface area contributed by atoms with Crippen molar-refractivity contribution in [1.82, 2.24) is 0 Å². The molecule has 1 aliphatic rings. The van der Waals surface area contributed by atoms with Crippen molar-refractivity contribution < 1.29 is 0 Å². The number of hydrogen-bond acceptors (Lipinski definition) is 1. The SMILES string of the molecule is CC1(C)N=C(Br)c2ccccc21. The van der Waals surface area contributed by atoms with Crippen LogP contribution in [0.4, 0.5) is 0 Å². The van der Waals surface area contributed by atoms with Gasteiger partial charge in [0.25, 0.3) is 0 Å². The second-order valence-corrected chi connectivity index (χ2v) is 4.26. The molecule has 0 bridgehead atoms. The van der Waals surface area contributed by atoms with Crippen molar-refractivity contribution in [2.75, 3.05) is 0 Å². The second-order valence-electron chi connectivity index (χ2n) is 3.51. The van der Waals surface area contributed by atoms with Crippen LogP contribution < -0.4 is 0 Å². The van der Waals surface area contributed by atoms with Crippen molar-refractivity contribution >= 4 is 20.6 Å². The van der Waals surface area contributed by atoms with Crippen LogP contribution in [0.5, 0.6) is 0 Å². The summed E-state index contributed by atoms with van der Waals surface area (Å²) in [4.78, 5) is 4.52. The van der Waals surface area contributed by atoms with Gasteiger partial charge in [0.2, 0.25) is 0 Å². The predicted octanol–water partition coefficient (Wildman–Crippen LogP) is 3.08. The van der Waals surface area contributed by atoms with Crippen LogP contribution in [0, 0.1) is 0 Å². The van der Waals surface area contributed by atoms with E-state index in [1.165, 1.54) is 11.1 Å². The largest absolute Gasteiger partial charge is 0.266 e. The van der Waals surface area contributed by atoms with E-state index in [1.54, 1.807) is 0 Å². The minimum Gasteiger partial charge on any atom is -0.266 e. The maximum atomic E-state index is 4.52. The fourth-order valence-corrected chi connectivity index (χ4v) is 2.35. The van der Waals surface area contributed by atoms with E-state index in [0.29, 0.717) is 0 Å². The summed E-state index contributed by atoms with van der Waals surface area (Å²) in [6, 6.07) is 8.32. The molecule has 2 rings (SSSR count). The van der Waals surface area contributed by atoms with Gasteiger partial charge in [-0.15, -0.1) is 0 Å². The van der Waals surface area contributed by atoms with E-state index in [4.69, 9.17) is 0 Å². The van der Waals surface area contributed by atoms with Crippen molar-refractivity contribution in [3.8, 4) is 0 Å². The predicted molar refractivity (Wildman–Crippen MR) is 54.9 cm³/mol. The first kappa shape index (κ1) is 7.99. The molecule has 1 heterocycles. The highest BCUT2D eigenvalue weighted by atomic mass is 79.9. The summed E-state index contributed by atoms with van der Waals surface area (Å²) < 4.78 is 0.975. The lowest BCUT2D eigenvalue weighted by Crippen LogP contribution is -2.09. The highest BCUT2D eigenvalue weighted by Gasteiger charge is 2.29. The van der Waals surface area contributed by atoms with E-state index in [2.05, 4.69) is 53.0 Å². The van der Waals surface area contributed by atoms with E-state index in [9.17, 15) is 0 Å². The van der Waals surface area contributed by atoms with E-state index >= 15 is 0 Å². The molecule has 0 saturated heterocycles. The number of fused-ring (bicyclic) bond motifs is 1. The summed E-state index contributed by atoms with van der Waals surface area (Å²) in [7, 11) is 0. The lowest BCUT2D eigenvalue weighted by molar-refractivity contribution is 0.572. The topological polar surface area (TPSA) is 12.4 Å². The Labute approximate surface area is 80.6 Å². The third-order valence-electron chi connectivity index (χ3n) is 2.19. The highest BCUT2D eigenvalue weighted by molar-refractivity contribution is 9.18. The van der Waals surface area contributed by atoms with E-state index < -0.39 is 0 Å². The van der Waals surface area contributed by atoms with Crippen LogP contribution in [0.1, 0.15) is 25.0 Å². The summed E-state index contributed by atoms with van der Waals surface area (Å²) in [5, 5.41) is 0. The summed E-state index contributed by atoms with van der Waals surface area (Å²) >= 11 is 3.46. The second kappa shape index (κ2) is 2.43. The first-order chi connectivity index (χ1) is 5.61. The number of rotatable bonds is 0. The number of hydrogen-bond donors (Lipinski definition) is 0. The number of aliphatic imine (C=N–C) groups is 1. The summed E-state index contributed by atoms with van der Waals surface area (Å²) in [5.74, 6) is 0. The van der Waals surface area contributed by atoms with Crippen molar-refractivity contribution in [1.29, 1.82) is 0 Å². The Bertz CT molecular complexity index is 353. The van der Waals surface area contributed by atoms with Gasteiger partial charge in [-0.1, -0.05) is 24.3 Å². The van der Waals surface area contributed by atoms with Crippen molar-refractivity contribution in [2.45, 2.75) is 19.4 Å². The molecule has 0 unspecified atom stereocenters. The van der Waals surface area contributed by atoms with Crippen LogP contribution in [-0.2, 0) is 5.54 Å². The standard InChI is InChI=1S/C10H10BrN/c1-10(2)8-6-4-3-5-7(8)9(11)12-10/h3-6H,1-2H3. The third-order valence-corrected chi connectivity index (χ3v) is 2.79. The molecule has 0 spiro atoms. The Hall–Kier alpha value is -0.630. The fraction of sp³-hybridized carbons (Fsp3) is 0.300. The van der Waals surface area contributed by atoms with Gasteiger partial charge in [0.15, 0.2) is 0 Å². The van der Waals surface area contributed by atoms with Gasteiger partial charge in [-0.3, -0.25) is 4.99 Å². The molecule has 1 aromatic rings. The van der Waals surface area contributed by atoms with E-state index in [1.807, 2.05) is 6.07 Å². The maximum absolute atomic E-state index is 4.52. The van der Waals surface area contributed by atoms with Crippen LogP contribution in [0.25, 0.3) is 0 Å². The molecule has 62 valence electrons. The Kier molecular flexibility index (Phi) is 1.62. The zero-order chi connectivity index (χ0) is 8.77. The van der Waals surface area contributed by atoms with Crippen LogP contribution in [0.2, 0.25) is 0 Å². The average molecular weight is 224 g/mol. The molecule has 0 N–H and O–H groups in total. The van der Waals surface area contributed by atoms with E-state index in [-0.39, 0.29) is 5.54 Å². The minimum absolute atomic E-state index is 0.0601. The highest BCUT2D eigenvalue weighted by Crippen LogP contribution is 2.35. The molecule has 0 aliphatic carbocycles. The molecular weight excluding hydrogens is 214 g/mol. The van der Waals surface area contributed by atoms with Crippen LogP contribution in [0.15, 0.2) is 29.3 Å². The Morgan fingerprint density at radius 3 is 2.58 bits per heavy atom. The van der Waals surface area contributed by atoms with Gasteiger partial charge in [0, 0.05) is 5.56 Å². The molecule has 1 nitrogen and oxygen atoms in total. The van der Waals surface area contributed by atoms with Crippen LogP contribution in [0.3, 0.4) is 0 Å². The zero-order valence-electron chi connectivity index (χ0n) is 7.13. The minimum atomic E-state index is -0.0601. The number of benzene rings is 1. The van der Waals surface area contributed by atoms with Crippen molar-refractivity contribution in [3.63, 3.8) is 0 Å². The molecule has 0 atom stereocenters. The molecule has 1 aliphatic heterocycles. The summed E-state index contributed by atoms with van der Waals surface area (Å²) in [5.41, 5.74) is 2.47. The van der Waals surface area contributed by atoms with Gasteiger partial charge in [-0.2, -0.15) is 0 Å². The van der Waals surface area contributed by atoms with E-state index in [0.717, 1.165) is 4.62 Å². The Morgan fingerprint density at radius 2 is 1.92 bits per heavy atom. The molecule has 2 heteroatoms. The van der Waals surface area contributed by atoms with Gasteiger partial charge in [-0.25, -0.2) is 0 Å². The quantitative estimate of drug-likeness (QED) is 0.642. The summed E-state index contributed by atoms with van der Waals surface area (Å²) in [6.07, 6.45) is 0. The van der Waals surface area contributed by atoms with Crippen molar-refractivity contribution in [3.05, 3.63) is 35.4 Å². The van der Waals surface area contributed by atoms with Gasteiger partial charge >= 0.3 is 0 Å². The molecule has 0 radical (unpaired) electrons. The van der Waals surface area contributed by atoms with Crippen LogP contribution >= 0.6 is 15.9 Å². The Balaban J connectivity index is 2.68. The molecule has 12 heavy (non-hydrogen) atoms. The van der Waals surface area contributed by atoms with Gasteiger partial charge in [-0.05, 0) is 35.3 Å². The summed E-state index contributed by atoms with van der Waals surface area (Å²) in [6.45, 7) is 4.25. The van der Waals surface area contributed by atoms with Gasteiger partial charge in [0.05, 0.1) is 5.54 Å². The lowest BCUT2D eigenvalue weighted by Gasteiger charge is -2.15. The van der Waals surface area contributed by atoms with Gasteiger partial charge in [0.1, 0.15) is 4.62 Å². The molecule has 0 fully saturated rings. The van der Waals surface area contributed by atoms with Crippen molar-refractivity contribution in [2.24, 2.45) is 4.99 Å². The van der Waals surface area contributed by atoms with Crippen LogP contribution in [-0.4, -0.2) is 4.62 Å². The lowest BCUT2D eigenvalue weighted by atomic mass is 9.94. The smallest absolute Gasteiger partial charge is 0.109 e. The zero-order valence-corrected chi connectivity index (χ0v) is 8.72. The number of nitrogens with zero attached hydrogens (tertiary/aromatic N) is 1. The molecular formula is C10H10BrN. The maximum Gasteiger partial charge on any atom is 0.109 e. The monoisotopic (exact) mass is 223 g/mol. The first-order valence-electron chi connectivity index (χ1n) is 3.96. The average Bonchev–Trinajstić information content (AvgIpc) is 2.25.